The Balaban J connectivity index is 1.86. The van der Waals surface area contributed by atoms with Crippen LogP contribution in [-0.2, 0) is 14.3 Å². The average Bonchev–Trinajstić information content (AvgIpc) is 2.61. The van der Waals surface area contributed by atoms with Crippen molar-refractivity contribution in [1.82, 2.24) is 0 Å². The van der Waals surface area contributed by atoms with Crippen molar-refractivity contribution in [3.05, 3.63) is 65.2 Å². The molecule has 25 heavy (non-hydrogen) atoms. The molecule has 0 spiro atoms. The van der Waals surface area contributed by atoms with Crippen molar-refractivity contribution in [2.45, 2.75) is 13.0 Å². The Hall–Kier alpha value is -2.79. The molecule has 0 aliphatic carbocycles. The quantitative estimate of drug-likeness (QED) is 0.627. The first-order valence-corrected chi connectivity index (χ1v) is 7.95. The molecule has 2 aromatic rings. The van der Waals surface area contributed by atoms with E-state index in [1.54, 1.807) is 61.7 Å². The molecule has 0 aliphatic heterocycles. The van der Waals surface area contributed by atoms with Crippen molar-refractivity contribution < 1.29 is 19.1 Å². The van der Waals surface area contributed by atoms with Crippen LogP contribution in [0, 0.1) is 0 Å². The first kappa shape index (κ1) is 18.5. The SMILES string of the molecule is COc1ccc(NC(=O)C(C)OC(=O)/C=C/c2ccc(Cl)cc2)cc1. The molecule has 0 aliphatic rings. The van der Waals surface area contributed by atoms with E-state index in [4.69, 9.17) is 21.1 Å². The predicted octanol–water partition coefficient (Wildman–Crippen LogP) is 3.93. The van der Waals surface area contributed by atoms with E-state index in [1.165, 1.54) is 13.0 Å². The van der Waals surface area contributed by atoms with E-state index in [1.807, 2.05) is 0 Å². The van der Waals surface area contributed by atoms with Crippen LogP contribution in [0.25, 0.3) is 6.08 Å². The Morgan fingerprint density at radius 1 is 1.08 bits per heavy atom. The molecule has 130 valence electrons. The number of amides is 1. The summed E-state index contributed by atoms with van der Waals surface area (Å²) in [7, 11) is 1.56. The lowest BCUT2D eigenvalue weighted by Crippen LogP contribution is -2.29. The van der Waals surface area contributed by atoms with Gasteiger partial charge in [0.15, 0.2) is 6.10 Å². The van der Waals surface area contributed by atoms with Gasteiger partial charge in [-0.25, -0.2) is 4.79 Å². The third-order valence-corrected chi connectivity index (χ3v) is 3.55. The maximum absolute atomic E-state index is 12.1. The molecule has 1 atom stereocenters. The molecule has 1 unspecified atom stereocenters. The topological polar surface area (TPSA) is 64.6 Å². The number of carbonyl (C=O) groups is 2. The van der Waals surface area contributed by atoms with Crippen LogP contribution in [0.5, 0.6) is 5.75 Å². The second-order valence-corrected chi connectivity index (χ2v) is 5.62. The van der Waals surface area contributed by atoms with Crippen LogP contribution in [0.4, 0.5) is 5.69 Å². The predicted molar refractivity (Wildman–Crippen MR) is 97.7 cm³/mol. The van der Waals surface area contributed by atoms with Crippen LogP contribution in [0.1, 0.15) is 12.5 Å². The van der Waals surface area contributed by atoms with E-state index in [0.29, 0.717) is 16.5 Å². The molecule has 0 bridgehead atoms. The molecule has 1 amide bonds. The Bertz CT molecular complexity index is 754. The van der Waals surface area contributed by atoms with Gasteiger partial charge in [-0.3, -0.25) is 4.79 Å². The molecular weight excluding hydrogens is 342 g/mol. The molecule has 0 saturated carbocycles. The molecule has 0 aromatic heterocycles. The van der Waals surface area contributed by atoms with Crippen LogP contribution >= 0.6 is 11.6 Å². The highest BCUT2D eigenvalue weighted by atomic mass is 35.5. The molecule has 0 heterocycles. The van der Waals surface area contributed by atoms with Crippen LogP contribution in [-0.4, -0.2) is 25.1 Å². The van der Waals surface area contributed by atoms with Gasteiger partial charge in [-0.05, 0) is 55.0 Å². The van der Waals surface area contributed by atoms with Gasteiger partial charge in [0.05, 0.1) is 7.11 Å². The number of benzene rings is 2. The Morgan fingerprint density at radius 2 is 1.72 bits per heavy atom. The number of nitrogens with one attached hydrogen (secondary N) is 1. The minimum Gasteiger partial charge on any atom is -0.497 e. The van der Waals surface area contributed by atoms with Gasteiger partial charge in [-0.15, -0.1) is 0 Å². The van der Waals surface area contributed by atoms with Gasteiger partial charge in [-0.2, -0.15) is 0 Å². The maximum Gasteiger partial charge on any atom is 0.331 e. The van der Waals surface area contributed by atoms with Gasteiger partial charge in [-0.1, -0.05) is 23.7 Å². The summed E-state index contributed by atoms with van der Waals surface area (Å²) in [4.78, 5) is 23.9. The lowest BCUT2D eigenvalue weighted by atomic mass is 10.2. The molecule has 2 rings (SSSR count). The largest absolute Gasteiger partial charge is 0.497 e. The number of methoxy groups -OCH3 is 1. The number of halogens is 1. The number of carbonyl (C=O) groups excluding carboxylic acids is 2. The number of rotatable bonds is 6. The molecule has 6 heteroatoms. The summed E-state index contributed by atoms with van der Waals surface area (Å²) >= 11 is 5.79. The Kier molecular flexibility index (Phi) is 6.60. The summed E-state index contributed by atoms with van der Waals surface area (Å²) in [5.41, 5.74) is 1.39. The minimum atomic E-state index is -0.926. The molecule has 1 N–H and O–H groups in total. The molecule has 0 radical (unpaired) electrons. The summed E-state index contributed by atoms with van der Waals surface area (Å²) in [6.45, 7) is 1.51. The van der Waals surface area contributed by atoms with E-state index in [2.05, 4.69) is 5.32 Å². The van der Waals surface area contributed by atoms with Crippen molar-refractivity contribution in [1.29, 1.82) is 0 Å². The average molecular weight is 360 g/mol. The molecule has 2 aromatic carbocycles. The normalized spacial score (nSPS) is 11.8. The highest BCUT2D eigenvalue weighted by Gasteiger charge is 2.16. The minimum absolute atomic E-state index is 0.418. The third-order valence-electron chi connectivity index (χ3n) is 3.30. The number of hydrogen-bond acceptors (Lipinski definition) is 4. The van der Waals surface area contributed by atoms with Crippen LogP contribution in [0.15, 0.2) is 54.6 Å². The van der Waals surface area contributed by atoms with E-state index >= 15 is 0 Å². The van der Waals surface area contributed by atoms with Crippen molar-refractivity contribution >= 4 is 35.2 Å². The first-order valence-electron chi connectivity index (χ1n) is 7.57. The number of ether oxygens (including phenoxy) is 2. The van der Waals surface area contributed by atoms with Gasteiger partial charge in [0.25, 0.3) is 5.91 Å². The zero-order chi connectivity index (χ0) is 18.2. The first-order chi connectivity index (χ1) is 12.0. The van der Waals surface area contributed by atoms with Crippen molar-refractivity contribution in [2.24, 2.45) is 0 Å². The fourth-order valence-electron chi connectivity index (χ4n) is 1.92. The summed E-state index contributed by atoms with van der Waals surface area (Å²) in [5.74, 6) is -0.337. The van der Waals surface area contributed by atoms with E-state index in [-0.39, 0.29) is 0 Å². The Labute approximate surface area is 151 Å². The van der Waals surface area contributed by atoms with Gasteiger partial charge < -0.3 is 14.8 Å². The highest BCUT2D eigenvalue weighted by Crippen LogP contribution is 2.15. The van der Waals surface area contributed by atoms with E-state index in [9.17, 15) is 9.59 Å². The standard InChI is InChI=1S/C19H18ClNO4/c1-13(19(23)21-16-8-10-17(24-2)11-9-16)25-18(22)12-5-14-3-6-15(20)7-4-14/h3-13H,1-2H3,(H,21,23)/b12-5+. The zero-order valence-corrected chi connectivity index (χ0v) is 14.6. The lowest BCUT2D eigenvalue weighted by Gasteiger charge is -2.12. The van der Waals surface area contributed by atoms with Gasteiger partial charge in [0.2, 0.25) is 0 Å². The second-order valence-electron chi connectivity index (χ2n) is 5.18. The lowest BCUT2D eigenvalue weighted by molar-refractivity contribution is -0.148. The molecule has 0 saturated heterocycles. The molecule has 0 fully saturated rings. The highest BCUT2D eigenvalue weighted by molar-refractivity contribution is 6.30. The van der Waals surface area contributed by atoms with Gasteiger partial charge in [0.1, 0.15) is 5.75 Å². The molecular formula is C19H18ClNO4. The maximum atomic E-state index is 12.1. The van der Waals surface area contributed by atoms with Crippen molar-refractivity contribution in [3.63, 3.8) is 0 Å². The Morgan fingerprint density at radius 3 is 2.32 bits per heavy atom. The number of anilines is 1. The van der Waals surface area contributed by atoms with Gasteiger partial charge >= 0.3 is 5.97 Å². The van der Waals surface area contributed by atoms with E-state index in [0.717, 1.165) is 5.56 Å². The van der Waals surface area contributed by atoms with E-state index < -0.39 is 18.0 Å². The van der Waals surface area contributed by atoms with Crippen LogP contribution in [0.2, 0.25) is 5.02 Å². The number of hydrogen-bond donors (Lipinski definition) is 1. The monoisotopic (exact) mass is 359 g/mol. The summed E-state index contributed by atoms with van der Waals surface area (Å²) < 4.78 is 10.1. The zero-order valence-electron chi connectivity index (χ0n) is 13.9. The van der Waals surface area contributed by atoms with Crippen molar-refractivity contribution in [2.75, 3.05) is 12.4 Å². The fraction of sp³-hybridized carbons (Fsp3) is 0.158. The van der Waals surface area contributed by atoms with Crippen LogP contribution in [0.3, 0.4) is 0 Å². The summed E-state index contributed by atoms with van der Waals surface area (Å²) in [6, 6.07) is 13.8. The second kappa shape index (κ2) is 8.89. The fourth-order valence-corrected chi connectivity index (χ4v) is 2.05. The van der Waals surface area contributed by atoms with Crippen molar-refractivity contribution in [3.8, 4) is 5.75 Å². The van der Waals surface area contributed by atoms with Gasteiger partial charge in [0, 0.05) is 16.8 Å². The smallest absolute Gasteiger partial charge is 0.331 e. The third kappa shape index (κ3) is 5.97. The summed E-state index contributed by atoms with van der Waals surface area (Å²) in [6.07, 6.45) is 1.93. The van der Waals surface area contributed by atoms with Crippen LogP contribution < -0.4 is 10.1 Å². The molecule has 5 nitrogen and oxygen atoms in total. The number of esters is 1. The summed E-state index contributed by atoms with van der Waals surface area (Å²) in [5, 5.41) is 3.28.